The van der Waals surface area contributed by atoms with Crippen molar-refractivity contribution in [2.45, 2.75) is 37.3 Å². The number of aryl methyl sites for hydroxylation is 2. The Morgan fingerprint density at radius 2 is 1.47 bits per heavy atom. The smallest absolute Gasteiger partial charge is 0.263 e. The first-order chi connectivity index (χ1) is 16.3. The van der Waals surface area contributed by atoms with E-state index >= 15 is 0 Å². The molecule has 3 aromatic carbocycles. The molecule has 0 aliphatic carbocycles. The number of rotatable bonds is 9. The highest BCUT2D eigenvalue weighted by molar-refractivity contribution is 8.00. The van der Waals surface area contributed by atoms with Crippen LogP contribution in [0.5, 0.6) is 11.5 Å². The van der Waals surface area contributed by atoms with Crippen LogP contribution < -0.4 is 20.1 Å². The van der Waals surface area contributed by atoms with Crippen molar-refractivity contribution >= 4 is 35.0 Å². The van der Waals surface area contributed by atoms with Gasteiger partial charge in [0.05, 0.1) is 19.5 Å². The number of ether oxygens (including phenoxy) is 2. The highest BCUT2D eigenvalue weighted by atomic mass is 32.2. The van der Waals surface area contributed by atoms with Crippen molar-refractivity contribution < 1.29 is 19.1 Å². The van der Waals surface area contributed by atoms with E-state index in [-0.39, 0.29) is 17.1 Å². The van der Waals surface area contributed by atoms with E-state index in [1.54, 1.807) is 24.3 Å². The fraction of sp³-hybridized carbons (Fsp3) is 0.259. The second kappa shape index (κ2) is 11.6. The third-order valence-electron chi connectivity index (χ3n) is 5.18. The molecule has 1 atom stereocenters. The van der Waals surface area contributed by atoms with Crippen LogP contribution in [0.4, 0.5) is 11.4 Å². The van der Waals surface area contributed by atoms with Gasteiger partial charge in [0.15, 0.2) is 0 Å². The van der Waals surface area contributed by atoms with Gasteiger partial charge in [-0.1, -0.05) is 25.1 Å². The Balaban J connectivity index is 1.73. The van der Waals surface area contributed by atoms with Crippen LogP contribution in [0.15, 0.2) is 65.6 Å². The fourth-order valence-electron chi connectivity index (χ4n) is 3.67. The van der Waals surface area contributed by atoms with Crippen molar-refractivity contribution in [1.29, 1.82) is 0 Å². The van der Waals surface area contributed by atoms with E-state index in [1.165, 1.54) is 26.0 Å². The molecule has 34 heavy (non-hydrogen) atoms. The lowest BCUT2D eigenvalue weighted by Crippen LogP contribution is -2.24. The van der Waals surface area contributed by atoms with E-state index in [0.717, 1.165) is 21.7 Å². The summed E-state index contributed by atoms with van der Waals surface area (Å²) in [6.45, 7) is 6.00. The average Bonchev–Trinajstić information content (AvgIpc) is 2.81. The van der Waals surface area contributed by atoms with Crippen molar-refractivity contribution in [2.75, 3.05) is 24.9 Å². The molecule has 3 aromatic rings. The maximum atomic E-state index is 13.0. The maximum absolute atomic E-state index is 13.0. The third-order valence-corrected chi connectivity index (χ3v) is 6.54. The Bertz CT molecular complexity index is 1140. The van der Waals surface area contributed by atoms with Crippen LogP contribution in [0.1, 0.15) is 34.8 Å². The normalized spacial score (nSPS) is 11.4. The lowest BCUT2D eigenvalue weighted by Gasteiger charge is -2.16. The topological polar surface area (TPSA) is 76.7 Å². The van der Waals surface area contributed by atoms with Crippen LogP contribution in [0, 0.1) is 13.8 Å². The molecule has 0 aliphatic rings. The van der Waals surface area contributed by atoms with Gasteiger partial charge in [-0.05, 0) is 73.9 Å². The number of methoxy groups -OCH3 is 2. The van der Waals surface area contributed by atoms with Gasteiger partial charge in [-0.2, -0.15) is 0 Å². The van der Waals surface area contributed by atoms with Gasteiger partial charge >= 0.3 is 0 Å². The van der Waals surface area contributed by atoms with Crippen LogP contribution in [0.3, 0.4) is 0 Å². The minimum atomic E-state index is -0.337. The first-order valence-corrected chi connectivity index (χ1v) is 11.9. The quantitative estimate of drug-likeness (QED) is 0.364. The molecule has 0 spiro atoms. The molecular formula is C27H30N2O4S. The lowest BCUT2D eigenvalue weighted by atomic mass is 10.1. The number of hydrogen-bond acceptors (Lipinski definition) is 5. The highest BCUT2D eigenvalue weighted by Crippen LogP contribution is 2.31. The second-order valence-corrected chi connectivity index (χ2v) is 9.18. The van der Waals surface area contributed by atoms with Crippen LogP contribution in [0.25, 0.3) is 0 Å². The first kappa shape index (κ1) is 25.2. The number of hydrogen-bond donors (Lipinski definition) is 2. The third kappa shape index (κ3) is 6.32. The van der Waals surface area contributed by atoms with Crippen LogP contribution in [0.2, 0.25) is 0 Å². The summed E-state index contributed by atoms with van der Waals surface area (Å²) in [6, 6.07) is 18.6. The van der Waals surface area contributed by atoms with Gasteiger partial charge in [0.25, 0.3) is 5.91 Å². The number of carbonyl (C=O) groups is 2. The Kier molecular flexibility index (Phi) is 8.60. The van der Waals surface area contributed by atoms with Crippen molar-refractivity contribution in [3.8, 4) is 11.5 Å². The summed E-state index contributed by atoms with van der Waals surface area (Å²) in [5.41, 5.74) is 3.95. The second-order valence-electron chi connectivity index (χ2n) is 7.90. The maximum Gasteiger partial charge on any atom is 0.263 e. The van der Waals surface area contributed by atoms with Crippen molar-refractivity contribution in [2.24, 2.45) is 0 Å². The van der Waals surface area contributed by atoms with Gasteiger partial charge in [-0.15, -0.1) is 11.8 Å². The lowest BCUT2D eigenvalue weighted by molar-refractivity contribution is -0.115. The molecule has 1 unspecified atom stereocenters. The van der Waals surface area contributed by atoms with E-state index in [4.69, 9.17) is 9.47 Å². The van der Waals surface area contributed by atoms with Gasteiger partial charge in [0.2, 0.25) is 5.91 Å². The van der Waals surface area contributed by atoms with Crippen LogP contribution in [-0.2, 0) is 4.79 Å². The molecule has 178 valence electrons. The predicted octanol–water partition coefficient (Wildman–Crippen LogP) is 6.08. The van der Waals surface area contributed by atoms with Gasteiger partial charge in [0, 0.05) is 16.3 Å². The summed E-state index contributed by atoms with van der Waals surface area (Å²) in [7, 11) is 3.02. The molecule has 0 saturated carbocycles. The zero-order chi connectivity index (χ0) is 24.7. The number of nitrogens with one attached hydrogen (secondary N) is 2. The van der Waals surface area contributed by atoms with Gasteiger partial charge in [-0.3, -0.25) is 9.59 Å². The molecule has 0 radical (unpaired) electrons. The molecule has 0 bridgehead atoms. The van der Waals surface area contributed by atoms with E-state index in [1.807, 2.05) is 51.1 Å². The SMILES string of the molecule is CCC(Sc1cccc(NC(=O)c2c(OC)cccc2OC)c1)C(=O)Nc1cc(C)cc(C)c1. The number of carbonyl (C=O) groups excluding carboxylic acids is 2. The van der Waals surface area contributed by atoms with Crippen LogP contribution in [-0.4, -0.2) is 31.3 Å². The summed E-state index contributed by atoms with van der Waals surface area (Å²) in [6.07, 6.45) is 0.663. The van der Waals surface area contributed by atoms with Gasteiger partial charge in [-0.25, -0.2) is 0 Å². The minimum absolute atomic E-state index is 0.0503. The van der Waals surface area contributed by atoms with E-state index in [9.17, 15) is 9.59 Å². The van der Waals surface area contributed by atoms with E-state index in [0.29, 0.717) is 29.2 Å². The van der Waals surface area contributed by atoms with E-state index in [2.05, 4.69) is 16.7 Å². The van der Waals surface area contributed by atoms with Crippen LogP contribution >= 0.6 is 11.8 Å². The summed E-state index contributed by atoms with van der Waals surface area (Å²) in [5.74, 6) is 0.467. The van der Waals surface area contributed by atoms with Gasteiger partial charge in [0.1, 0.15) is 17.1 Å². The van der Waals surface area contributed by atoms with E-state index < -0.39 is 0 Å². The molecule has 0 aliphatic heterocycles. The van der Waals surface area contributed by atoms with Crippen molar-refractivity contribution in [1.82, 2.24) is 0 Å². The summed E-state index contributed by atoms with van der Waals surface area (Å²) >= 11 is 1.46. The largest absolute Gasteiger partial charge is 0.496 e. The molecule has 6 nitrogen and oxygen atoms in total. The molecular weight excluding hydrogens is 448 g/mol. The molecule has 7 heteroatoms. The molecule has 0 aromatic heterocycles. The zero-order valence-corrected chi connectivity index (χ0v) is 20.9. The number of benzene rings is 3. The fourth-order valence-corrected chi connectivity index (χ4v) is 4.69. The number of thioether (sulfide) groups is 1. The Hall–Kier alpha value is -3.45. The molecule has 2 N–H and O–H groups in total. The van der Waals surface area contributed by atoms with Crippen molar-refractivity contribution in [3.05, 3.63) is 77.4 Å². The summed E-state index contributed by atoms with van der Waals surface area (Å²) in [4.78, 5) is 26.8. The minimum Gasteiger partial charge on any atom is -0.496 e. The van der Waals surface area contributed by atoms with Crippen molar-refractivity contribution in [3.63, 3.8) is 0 Å². The molecule has 2 amide bonds. The number of anilines is 2. The molecule has 0 fully saturated rings. The zero-order valence-electron chi connectivity index (χ0n) is 20.1. The highest BCUT2D eigenvalue weighted by Gasteiger charge is 2.20. The standard InChI is InChI=1S/C27H30N2O4S/c1-6-24(26(30)29-20-14-17(2)13-18(3)15-20)34-21-10-7-9-19(16-21)28-27(31)25-22(32-4)11-8-12-23(25)33-5/h7-16,24H,6H2,1-5H3,(H,28,31)(H,29,30). The van der Waals surface area contributed by atoms with Gasteiger partial charge < -0.3 is 20.1 Å². The summed E-state index contributed by atoms with van der Waals surface area (Å²) < 4.78 is 10.7. The molecule has 0 heterocycles. The Labute approximate surface area is 205 Å². The predicted molar refractivity (Wildman–Crippen MR) is 138 cm³/mol. The number of amides is 2. The summed E-state index contributed by atoms with van der Waals surface area (Å²) in [5, 5.41) is 5.66. The molecule has 0 saturated heterocycles. The Morgan fingerprint density at radius 1 is 0.853 bits per heavy atom. The monoisotopic (exact) mass is 478 g/mol. The average molecular weight is 479 g/mol. The first-order valence-electron chi connectivity index (χ1n) is 11.0. The Morgan fingerprint density at radius 3 is 2.06 bits per heavy atom. The molecule has 3 rings (SSSR count).